The van der Waals surface area contributed by atoms with Crippen LogP contribution in [-0.2, 0) is 13.6 Å². The smallest absolute Gasteiger partial charge is 0.271 e. The van der Waals surface area contributed by atoms with Gasteiger partial charge in [-0.2, -0.15) is 0 Å². The van der Waals surface area contributed by atoms with Crippen LogP contribution in [0.2, 0.25) is 0 Å². The lowest BCUT2D eigenvalue weighted by atomic mass is 10.2. The van der Waals surface area contributed by atoms with E-state index < -0.39 is 0 Å². The molecule has 0 unspecified atom stereocenters. The van der Waals surface area contributed by atoms with Crippen molar-refractivity contribution in [1.29, 1.82) is 0 Å². The second-order valence-corrected chi connectivity index (χ2v) is 8.60. The first-order valence-electron chi connectivity index (χ1n) is 11.0. The van der Waals surface area contributed by atoms with Gasteiger partial charge in [-0.3, -0.25) is 4.79 Å². The van der Waals surface area contributed by atoms with Crippen molar-refractivity contribution in [3.63, 3.8) is 0 Å². The monoisotopic (exact) mass is 428 g/mol. The lowest BCUT2D eigenvalue weighted by Crippen LogP contribution is -2.44. The van der Waals surface area contributed by atoms with Crippen molar-refractivity contribution in [3.8, 4) is 11.5 Å². The Balaban J connectivity index is 1.65. The number of aryl methyl sites for hydroxylation is 2. The van der Waals surface area contributed by atoms with Gasteiger partial charge < -0.3 is 18.9 Å². The quantitative estimate of drug-likeness (QED) is 0.500. The van der Waals surface area contributed by atoms with Gasteiger partial charge in [-0.05, 0) is 37.7 Å². The molecule has 0 N–H and O–H groups in total. The molecule has 0 atom stereocenters. The van der Waals surface area contributed by atoms with Crippen LogP contribution in [0, 0.1) is 6.92 Å². The fraction of sp³-hybridized carbons (Fsp3) is 0.320. The van der Waals surface area contributed by atoms with Crippen LogP contribution in [-0.4, -0.2) is 57.2 Å². The highest BCUT2D eigenvalue weighted by Crippen LogP contribution is 2.28. The first kappa shape index (κ1) is 20.5. The average molecular weight is 429 g/mol. The summed E-state index contributed by atoms with van der Waals surface area (Å²) in [6, 6.07) is 16.9. The number of anilines is 1. The molecule has 2 aromatic carbocycles. The van der Waals surface area contributed by atoms with Gasteiger partial charge in [0.05, 0.1) is 11.0 Å². The topological polar surface area (TPSA) is 59.2 Å². The maximum Gasteiger partial charge on any atom is 0.271 e. The molecule has 0 bridgehead atoms. The van der Waals surface area contributed by atoms with Crippen molar-refractivity contribution in [1.82, 2.24) is 24.0 Å². The second-order valence-electron chi connectivity index (χ2n) is 8.60. The summed E-state index contributed by atoms with van der Waals surface area (Å²) in [5, 5.41) is 0. The van der Waals surface area contributed by atoms with Gasteiger partial charge in [0.15, 0.2) is 5.82 Å². The zero-order valence-corrected chi connectivity index (χ0v) is 18.8. The summed E-state index contributed by atoms with van der Waals surface area (Å²) in [5.41, 5.74) is 5.52. The molecule has 32 heavy (non-hydrogen) atoms. The molecule has 1 aliphatic rings. The second kappa shape index (κ2) is 8.24. The molecule has 4 aromatic rings. The van der Waals surface area contributed by atoms with Crippen LogP contribution in [0.25, 0.3) is 22.6 Å². The summed E-state index contributed by atoms with van der Waals surface area (Å²) >= 11 is 0. The number of fused-ring (bicyclic) bond motifs is 1. The largest absolute Gasteiger partial charge is 0.369 e. The molecule has 1 aliphatic heterocycles. The van der Waals surface area contributed by atoms with Crippen LogP contribution in [0.3, 0.4) is 0 Å². The van der Waals surface area contributed by atoms with Gasteiger partial charge in [-0.25, -0.2) is 9.97 Å². The molecule has 2 aromatic heterocycles. The van der Waals surface area contributed by atoms with E-state index in [-0.39, 0.29) is 5.56 Å². The highest BCUT2D eigenvalue weighted by molar-refractivity contribution is 5.83. The third kappa shape index (κ3) is 3.80. The predicted molar refractivity (Wildman–Crippen MR) is 128 cm³/mol. The Morgan fingerprint density at radius 1 is 0.938 bits per heavy atom. The van der Waals surface area contributed by atoms with Gasteiger partial charge in [-0.15, -0.1) is 0 Å². The molecule has 7 heteroatoms. The van der Waals surface area contributed by atoms with Gasteiger partial charge >= 0.3 is 0 Å². The SMILES string of the molecule is Cc1nc(-c2nc3ccc(N4CCN(C)CC4)cc3n2Cc2ccccc2)cn(C)c1=O. The van der Waals surface area contributed by atoms with Crippen LogP contribution >= 0.6 is 0 Å². The van der Waals surface area contributed by atoms with Crippen LogP contribution in [0.15, 0.2) is 59.5 Å². The van der Waals surface area contributed by atoms with Crippen LogP contribution in [0.5, 0.6) is 0 Å². The van der Waals surface area contributed by atoms with Crippen LogP contribution in [0.4, 0.5) is 5.69 Å². The molecule has 0 aliphatic carbocycles. The minimum absolute atomic E-state index is 0.0863. The Hall–Kier alpha value is -3.45. The number of rotatable bonds is 4. The third-order valence-corrected chi connectivity index (χ3v) is 6.25. The molecule has 5 rings (SSSR count). The lowest BCUT2D eigenvalue weighted by Gasteiger charge is -2.34. The van der Waals surface area contributed by atoms with E-state index in [1.807, 2.05) is 6.07 Å². The number of aromatic nitrogens is 4. The molecule has 0 radical (unpaired) electrons. The Morgan fingerprint density at radius 2 is 1.69 bits per heavy atom. The zero-order valence-electron chi connectivity index (χ0n) is 18.8. The van der Waals surface area contributed by atoms with Gasteiger partial charge in [0.25, 0.3) is 5.56 Å². The van der Waals surface area contributed by atoms with Crippen molar-refractivity contribution >= 4 is 16.7 Å². The molecule has 164 valence electrons. The van der Waals surface area contributed by atoms with E-state index in [0.717, 1.165) is 43.0 Å². The van der Waals surface area contributed by atoms with Crippen molar-refractivity contribution in [2.75, 3.05) is 38.1 Å². The first-order chi connectivity index (χ1) is 15.5. The minimum Gasteiger partial charge on any atom is -0.369 e. The standard InChI is InChI=1S/C25H28N6O/c1-18-25(32)29(3)17-22(26-18)24-27-21-10-9-20(30-13-11-28(2)12-14-30)15-23(21)31(24)16-19-7-5-4-6-8-19/h4-10,15,17H,11-14,16H2,1-3H3. The van der Waals surface area contributed by atoms with E-state index in [9.17, 15) is 4.79 Å². The summed E-state index contributed by atoms with van der Waals surface area (Å²) in [5.74, 6) is 0.776. The number of imidazole rings is 1. The first-order valence-corrected chi connectivity index (χ1v) is 11.0. The zero-order chi connectivity index (χ0) is 22.2. The van der Waals surface area contributed by atoms with Crippen molar-refractivity contribution in [2.24, 2.45) is 7.05 Å². The van der Waals surface area contributed by atoms with E-state index in [1.54, 1.807) is 24.7 Å². The number of benzene rings is 2. The summed E-state index contributed by atoms with van der Waals surface area (Å²) in [4.78, 5) is 26.5. The fourth-order valence-electron chi connectivity index (χ4n) is 4.36. The van der Waals surface area contributed by atoms with Gasteiger partial charge in [-0.1, -0.05) is 30.3 Å². The Morgan fingerprint density at radius 3 is 2.41 bits per heavy atom. The Kier molecular flexibility index (Phi) is 5.27. The molecular formula is C25H28N6O. The van der Waals surface area contributed by atoms with E-state index >= 15 is 0 Å². The molecular weight excluding hydrogens is 400 g/mol. The predicted octanol–water partition coefficient (Wildman–Crippen LogP) is 2.91. The summed E-state index contributed by atoms with van der Waals surface area (Å²) in [7, 11) is 3.93. The number of nitrogens with zero attached hydrogens (tertiary/aromatic N) is 6. The summed E-state index contributed by atoms with van der Waals surface area (Å²) in [6.45, 7) is 6.60. The minimum atomic E-state index is -0.0863. The molecule has 0 saturated carbocycles. The van der Waals surface area contributed by atoms with E-state index in [1.165, 1.54) is 11.3 Å². The van der Waals surface area contributed by atoms with Crippen molar-refractivity contribution in [2.45, 2.75) is 13.5 Å². The lowest BCUT2D eigenvalue weighted by molar-refractivity contribution is 0.313. The molecule has 0 amide bonds. The van der Waals surface area contributed by atoms with Gasteiger partial charge in [0.2, 0.25) is 0 Å². The Bertz CT molecular complexity index is 1290. The van der Waals surface area contributed by atoms with Crippen molar-refractivity contribution in [3.05, 3.63) is 76.3 Å². The molecule has 1 saturated heterocycles. The average Bonchev–Trinajstić information content (AvgIpc) is 3.16. The van der Waals surface area contributed by atoms with E-state index in [2.05, 4.69) is 68.9 Å². The van der Waals surface area contributed by atoms with E-state index in [4.69, 9.17) is 4.98 Å². The molecule has 7 nitrogen and oxygen atoms in total. The fourth-order valence-corrected chi connectivity index (χ4v) is 4.36. The third-order valence-electron chi connectivity index (χ3n) is 6.25. The molecule has 0 spiro atoms. The maximum absolute atomic E-state index is 12.2. The number of likely N-dealkylation sites (N-methyl/N-ethyl adjacent to an activating group) is 1. The van der Waals surface area contributed by atoms with E-state index in [0.29, 0.717) is 17.9 Å². The highest BCUT2D eigenvalue weighted by Gasteiger charge is 2.19. The van der Waals surface area contributed by atoms with Gasteiger partial charge in [0, 0.05) is 51.7 Å². The number of piperazine rings is 1. The number of hydrogen-bond acceptors (Lipinski definition) is 5. The van der Waals surface area contributed by atoms with Crippen molar-refractivity contribution < 1.29 is 0 Å². The highest BCUT2D eigenvalue weighted by atomic mass is 16.1. The summed E-state index contributed by atoms with van der Waals surface area (Å²) in [6.07, 6.45) is 1.78. The summed E-state index contributed by atoms with van der Waals surface area (Å²) < 4.78 is 3.80. The molecule has 3 heterocycles. The maximum atomic E-state index is 12.2. The number of hydrogen-bond donors (Lipinski definition) is 0. The van der Waals surface area contributed by atoms with Gasteiger partial charge in [0.1, 0.15) is 11.4 Å². The normalized spacial score (nSPS) is 14.9. The van der Waals surface area contributed by atoms with Crippen LogP contribution < -0.4 is 10.5 Å². The molecule has 1 fully saturated rings. The Labute approximate surface area is 187 Å². The van der Waals surface area contributed by atoms with Crippen LogP contribution in [0.1, 0.15) is 11.3 Å².